The van der Waals surface area contributed by atoms with Crippen molar-refractivity contribution in [3.05, 3.63) is 77.6 Å². The highest BCUT2D eigenvalue weighted by atomic mass is 19.1. The molecule has 1 fully saturated rings. The SMILES string of the molecule is C=C(C)C(Cc1ccccc1)(NC(=O)NC1CCCC1)c1ccc(OC)c(F)c1. The third kappa shape index (κ3) is 4.78. The molecule has 0 heterocycles. The van der Waals surface area contributed by atoms with Gasteiger partial charge in [0.15, 0.2) is 11.6 Å². The summed E-state index contributed by atoms with van der Waals surface area (Å²) < 4.78 is 19.6. The standard InChI is InChI=1S/C24H29FN2O2/c1-17(2)24(16-18-9-5-4-6-10-18,19-13-14-22(29-3)21(25)15-19)27-23(28)26-20-11-7-8-12-20/h4-6,9-10,13-15,20H,1,7-8,11-12,16H2,2-3H3,(H2,26,27,28). The predicted octanol–water partition coefficient (Wildman–Crippen LogP) is 5.09. The Morgan fingerprint density at radius 1 is 1.21 bits per heavy atom. The number of rotatable bonds is 7. The van der Waals surface area contributed by atoms with Crippen LogP contribution in [-0.2, 0) is 12.0 Å². The number of hydrogen-bond acceptors (Lipinski definition) is 2. The van der Waals surface area contributed by atoms with Crippen LogP contribution in [0.1, 0.15) is 43.7 Å². The van der Waals surface area contributed by atoms with Gasteiger partial charge >= 0.3 is 6.03 Å². The normalized spacial score (nSPS) is 16.1. The zero-order valence-electron chi connectivity index (χ0n) is 17.1. The molecule has 3 rings (SSSR count). The van der Waals surface area contributed by atoms with E-state index in [-0.39, 0.29) is 17.8 Å². The lowest BCUT2D eigenvalue weighted by Crippen LogP contribution is -2.53. The van der Waals surface area contributed by atoms with Crippen LogP contribution in [0.5, 0.6) is 5.75 Å². The summed E-state index contributed by atoms with van der Waals surface area (Å²) in [7, 11) is 1.43. The van der Waals surface area contributed by atoms with Crippen LogP contribution < -0.4 is 15.4 Å². The van der Waals surface area contributed by atoms with Crippen molar-refractivity contribution in [2.45, 2.75) is 50.6 Å². The first kappa shape index (κ1) is 20.9. The number of urea groups is 1. The fourth-order valence-electron chi connectivity index (χ4n) is 4.04. The maximum atomic E-state index is 14.6. The van der Waals surface area contributed by atoms with Crippen molar-refractivity contribution < 1.29 is 13.9 Å². The molecule has 0 saturated heterocycles. The Bertz CT molecular complexity index is 862. The van der Waals surface area contributed by atoms with Crippen molar-refractivity contribution in [3.8, 4) is 5.75 Å². The average molecular weight is 397 g/mol. The molecule has 1 unspecified atom stereocenters. The lowest BCUT2D eigenvalue weighted by molar-refractivity contribution is 0.225. The summed E-state index contributed by atoms with van der Waals surface area (Å²) in [4.78, 5) is 12.9. The van der Waals surface area contributed by atoms with Gasteiger partial charge < -0.3 is 15.4 Å². The zero-order chi connectivity index (χ0) is 20.9. The number of amides is 2. The van der Waals surface area contributed by atoms with Crippen molar-refractivity contribution in [2.24, 2.45) is 0 Å². The molecule has 1 atom stereocenters. The zero-order valence-corrected chi connectivity index (χ0v) is 17.1. The van der Waals surface area contributed by atoms with E-state index < -0.39 is 11.4 Å². The average Bonchev–Trinajstić information content (AvgIpc) is 3.20. The second-order valence-electron chi connectivity index (χ2n) is 7.78. The van der Waals surface area contributed by atoms with Crippen LogP contribution in [0, 0.1) is 5.82 Å². The maximum absolute atomic E-state index is 14.6. The summed E-state index contributed by atoms with van der Waals surface area (Å²) in [6, 6.07) is 14.6. The highest BCUT2D eigenvalue weighted by Crippen LogP contribution is 2.35. The van der Waals surface area contributed by atoms with Gasteiger partial charge in [-0.3, -0.25) is 0 Å². The van der Waals surface area contributed by atoms with E-state index in [0.29, 0.717) is 12.0 Å². The summed E-state index contributed by atoms with van der Waals surface area (Å²) in [6.45, 7) is 6.02. The van der Waals surface area contributed by atoms with Gasteiger partial charge in [0.1, 0.15) is 0 Å². The lowest BCUT2D eigenvalue weighted by atomic mass is 9.78. The molecule has 0 aliphatic heterocycles. The van der Waals surface area contributed by atoms with Gasteiger partial charge in [0, 0.05) is 12.5 Å². The van der Waals surface area contributed by atoms with Gasteiger partial charge in [0.05, 0.1) is 12.6 Å². The number of halogens is 1. The smallest absolute Gasteiger partial charge is 0.315 e. The van der Waals surface area contributed by atoms with Crippen LogP contribution in [0.3, 0.4) is 0 Å². The van der Waals surface area contributed by atoms with Crippen molar-refractivity contribution in [3.63, 3.8) is 0 Å². The fourth-order valence-corrected chi connectivity index (χ4v) is 4.04. The Morgan fingerprint density at radius 2 is 1.90 bits per heavy atom. The minimum absolute atomic E-state index is 0.166. The Morgan fingerprint density at radius 3 is 2.48 bits per heavy atom. The summed E-state index contributed by atoms with van der Waals surface area (Å²) in [5.74, 6) is -0.304. The van der Waals surface area contributed by atoms with E-state index >= 15 is 0 Å². The molecule has 0 aromatic heterocycles. The number of carbonyl (C=O) groups is 1. The molecular weight excluding hydrogens is 367 g/mol. The van der Waals surface area contributed by atoms with E-state index in [1.165, 1.54) is 13.2 Å². The first-order valence-electron chi connectivity index (χ1n) is 10.1. The van der Waals surface area contributed by atoms with Gasteiger partial charge in [0.25, 0.3) is 0 Å². The van der Waals surface area contributed by atoms with E-state index in [9.17, 15) is 9.18 Å². The largest absolute Gasteiger partial charge is 0.494 e. The molecule has 1 saturated carbocycles. The molecule has 1 aliphatic carbocycles. The van der Waals surface area contributed by atoms with E-state index in [1.54, 1.807) is 12.1 Å². The molecule has 2 N–H and O–H groups in total. The van der Waals surface area contributed by atoms with Crippen LogP contribution in [0.2, 0.25) is 0 Å². The number of nitrogens with one attached hydrogen (secondary N) is 2. The Hall–Kier alpha value is -2.82. The number of carbonyl (C=O) groups excluding carboxylic acids is 1. The van der Waals surface area contributed by atoms with E-state index in [2.05, 4.69) is 17.2 Å². The molecule has 4 nitrogen and oxygen atoms in total. The third-order valence-corrected chi connectivity index (χ3v) is 5.70. The molecule has 154 valence electrons. The summed E-state index contributed by atoms with van der Waals surface area (Å²) >= 11 is 0. The van der Waals surface area contributed by atoms with Crippen LogP contribution in [-0.4, -0.2) is 19.2 Å². The van der Waals surface area contributed by atoms with Crippen LogP contribution in [0.15, 0.2) is 60.7 Å². The van der Waals surface area contributed by atoms with Crippen LogP contribution in [0.25, 0.3) is 0 Å². The van der Waals surface area contributed by atoms with E-state index in [1.807, 2.05) is 37.3 Å². The Balaban J connectivity index is 1.98. The Kier molecular flexibility index (Phi) is 6.57. The van der Waals surface area contributed by atoms with Crippen LogP contribution in [0.4, 0.5) is 9.18 Å². The Labute approximate surface area is 172 Å². The molecule has 29 heavy (non-hydrogen) atoms. The molecule has 2 aromatic rings. The third-order valence-electron chi connectivity index (χ3n) is 5.70. The van der Waals surface area contributed by atoms with E-state index in [0.717, 1.165) is 36.8 Å². The van der Waals surface area contributed by atoms with E-state index in [4.69, 9.17) is 4.74 Å². The first-order valence-corrected chi connectivity index (χ1v) is 10.1. The van der Waals surface area contributed by atoms with Gasteiger partial charge in [-0.25, -0.2) is 9.18 Å². The lowest BCUT2D eigenvalue weighted by Gasteiger charge is -2.37. The molecule has 5 heteroatoms. The van der Waals surface area contributed by atoms with Crippen molar-refractivity contribution in [1.82, 2.24) is 10.6 Å². The monoisotopic (exact) mass is 396 g/mol. The number of ether oxygens (including phenoxy) is 1. The van der Waals surface area contributed by atoms with Gasteiger partial charge in [0.2, 0.25) is 0 Å². The molecule has 0 spiro atoms. The maximum Gasteiger partial charge on any atom is 0.315 e. The molecule has 2 amide bonds. The minimum atomic E-state index is -0.947. The molecule has 0 radical (unpaired) electrons. The molecular formula is C24H29FN2O2. The van der Waals surface area contributed by atoms with Crippen molar-refractivity contribution >= 4 is 6.03 Å². The topological polar surface area (TPSA) is 50.4 Å². The predicted molar refractivity (Wildman–Crippen MR) is 114 cm³/mol. The summed E-state index contributed by atoms with van der Waals surface area (Å²) in [6.07, 6.45) is 4.70. The fraction of sp³-hybridized carbons (Fsp3) is 0.375. The number of hydrogen-bond donors (Lipinski definition) is 2. The van der Waals surface area contributed by atoms with Crippen LogP contribution >= 0.6 is 0 Å². The van der Waals surface area contributed by atoms with Gasteiger partial charge in [-0.15, -0.1) is 0 Å². The molecule has 2 aromatic carbocycles. The second kappa shape index (κ2) is 9.12. The highest BCUT2D eigenvalue weighted by molar-refractivity contribution is 5.76. The minimum Gasteiger partial charge on any atom is -0.494 e. The summed E-state index contributed by atoms with van der Waals surface area (Å²) in [5.41, 5.74) is 1.44. The van der Waals surface area contributed by atoms with Crippen molar-refractivity contribution in [2.75, 3.05) is 7.11 Å². The molecule has 0 bridgehead atoms. The first-order chi connectivity index (χ1) is 13.9. The molecule has 1 aliphatic rings. The number of methoxy groups -OCH3 is 1. The summed E-state index contributed by atoms with van der Waals surface area (Å²) in [5, 5.41) is 6.20. The van der Waals surface area contributed by atoms with Crippen molar-refractivity contribution in [1.29, 1.82) is 0 Å². The van der Waals surface area contributed by atoms with Gasteiger partial charge in [-0.05, 0) is 43.0 Å². The van der Waals surface area contributed by atoms with Gasteiger partial charge in [-0.1, -0.05) is 61.4 Å². The highest BCUT2D eigenvalue weighted by Gasteiger charge is 2.36. The van der Waals surface area contributed by atoms with Gasteiger partial charge in [-0.2, -0.15) is 0 Å². The quantitative estimate of drug-likeness (QED) is 0.641. The number of benzene rings is 2. The second-order valence-corrected chi connectivity index (χ2v) is 7.78.